The number of alkyl halides is 1. The van der Waals surface area contributed by atoms with Crippen molar-refractivity contribution < 1.29 is 44.0 Å². The molecule has 222 valence electrons. The Labute approximate surface area is 235 Å². The molecule has 0 saturated heterocycles. The number of nitrogens with one attached hydrogen (secondary N) is 2. The van der Waals surface area contributed by atoms with Gasteiger partial charge in [0.2, 0.25) is 11.7 Å². The molecule has 4 atom stereocenters. The average Bonchev–Trinajstić information content (AvgIpc) is 2.87. The highest BCUT2D eigenvalue weighted by Crippen LogP contribution is 2.53. The van der Waals surface area contributed by atoms with Crippen molar-refractivity contribution in [1.82, 2.24) is 10.2 Å². The predicted molar refractivity (Wildman–Crippen MR) is 145 cm³/mol. The topological polar surface area (TPSA) is 206 Å². The normalized spacial score (nSPS) is 25.6. The summed E-state index contributed by atoms with van der Waals surface area (Å²) >= 11 is 0. The van der Waals surface area contributed by atoms with Gasteiger partial charge < -0.3 is 41.7 Å². The molecule has 3 aliphatic rings. The van der Waals surface area contributed by atoms with Gasteiger partial charge in [-0.3, -0.25) is 24.1 Å². The standard InChI is InChI=1S/C27H34FN5O8/c1-32(2)15-9-14(31-16(34)10-30-6-5-28)21(35)18-12(15)7-11-8-13-20(33(3)4)23(37)19(26(29)40)25(39)27(13,41)24(38)17(11)22(18)36/h9,11,13,20,30,35,37-38,41H,5-8,10H2,1-4H3,(H2,29,40)(H,31,34)/t11?,13?,20-,27-/m0/s1. The fraction of sp³-hybridized carbons (Fsp3) is 0.481. The summed E-state index contributed by atoms with van der Waals surface area (Å²) in [5.41, 5.74) is 1.97. The number of anilines is 2. The number of benzene rings is 1. The number of phenols is 1. The molecule has 0 spiro atoms. The molecule has 0 bridgehead atoms. The van der Waals surface area contributed by atoms with Crippen LogP contribution in [0.3, 0.4) is 0 Å². The molecule has 41 heavy (non-hydrogen) atoms. The van der Waals surface area contributed by atoms with E-state index < -0.39 is 76.4 Å². The maximum atomic E-state index is 14.0. The van der Waals surface area contributed by atoms with Gasteiger partial charge in [-0.15, -0.1) is 0 Å². The summed E-state index contributed by atoms with van der Waals surface area (Å²) in [7, 11) is 6.50. The van der Waals surface area contributed by atoms with Gasteiger partial charge in [0.1, 0.15) is 23.8 Å². The Morgan fingerprint density at radius 3 is 2.39 bits per heavy atom. The second-order valence-corrected chi connectivity index (χ2v) is 10.9. The second-order valence-electron chi connectivity index (χ2n) is 10.9. The maximum Gasteiger partial charge on any atom is 0.255 e. The third kappa shape index (κ3) is 4.61. The number of aliphatic hydroxyl groups is 3. The molecule has 0 radical (unpaired) electrons. The van der Waals surface area contributed by atoms with Crippen molar-refractivity contribution in [2.75, 3.05) is 58.2 Å². The Morgan fingerprint density at radius 2 is 1.83 bits per heavy atom. The van der Waals surface area contributed by atoms with E-state index in [0.29, 0.717) is 11.3 Å². The zero-order valence-corrected chi connectivity index (χ0v) is 23.1. The minimum Gasteiger partial charge on any atom is -0.510 e. The quantitative estimate of drug-likeness (QED) is 0.122. The Kier molecular flexibility index (Phi) is 7.86. The molecule has 1 aromatic rings. The first-order chi connectivity index (χ1) is 19.2. The average molecular weight is 576 g/mol. The first-order valence-electron chi connectivity index (χ1n) is 13.0. The lowest BCUT2D eigenvalue weighted by atomic mass is 9.58. The molecule has 14 heteroatoms. The molecule has 3 aliphatic carbocycles. The van der Waals surface area contributed by atoms with E-state index in [0.717, 1.165) is 0 Å². The zero-order chi connectivity index (χ0) is 30.5. The predicted octanol–water partition coefficient (Wildman–Crippen LogP) is -0.316. The first-order valence-corrected chi connectivity index (χ1v) is 13.0. The van der Waals surface area contributed by atoms with Crippen LogP contribution in [-0.2, 0) is 20.8 Å². The van der Waals surface area contributed by atoms with Crippen molar-refractivity contribution in [3.8, 4) is 5.75 Å². The number of hydrogen-bond acceptors (Lipinski definition) is 11. The summed E-state index contributed by atoms with van der Waals surface area (Å²) in [5.74, 6) is -8.19. The molecule has 0 saturated carbocycles. The number of amides is 2. The van der Waals surface area contributed by atoms with Crippen LogP contribution in [0.4, 0.5) is 15.8 Å². The van der Waals surface area contributed by atoms with Gasteiger partial charge in [0.15, 0.2) is 17.1 Å². The van der Waals surface area contributed by atoms with Crippen molar-refractivity contribution in [3.05, 3.63) is 39.9 Å². The summed E-state index contributed by atoms with van der Waals surface area (Å²) in [5, 5.41) is 50.2. The number of rotatable bonds is 8. The van der Waals surface area contributed by atoms with Crippen LogP contribution in [0.1, 0.15) is 22.3 Å². The van der Waals surface area contributed by atoms with E-state index in [4.69, 9.17) is 5.73 Å². The Balaban J connectivity index is 1.88. The van der Waals surface area contributed by atoms with Gasteiger partial charge in [0.05, 0.1) is 23.8 Å². The van der Waals surface area contributed by atoms with Gasteiger partial charge in [-0.1, -0.05) is 0 Å². The second kappa shape index (κ2) is 10.8. The van der Waals surface area contributed by atoms with Gasteiger partial charge >= 0.3 is 0 Å². The lowest BCUT2D eigenvalue weighted by Gasteiger charge is -2.50. The molecule has 0 aliphatic heterocycles. The number of carbonyl (C=O) groups excluding carboxylic acids is 4. The number of likely N-dealkylation sites (N-methyl/N-ethyl adjacent to an activating group) is 1. The highest BCUT2D eigenvalue weighted by molar-refractivity contribution is 6.25. The van der Waals surface area contributed by atoms with E-state index in [1.165, 1.54) is 11.0 Å². The molecule has 2 amide bonds. The number of halogens is 1. The maximum absolute atomic E-state index is 14.0. The van der Waals surface area contributed by atoms with E-state index in [1.807, 2.05) is 0 Å². The smallest absolute Gasteiger partial charge is 0.255 e. The lowest BCUT2D eigenvalue weighted by molar-refractivity contribution is -0.148. The molecular formula is C27H34FN5O8. The largest absolute Gasteiger partial charge is 0.510 e. The minimum absolute atomic E-state index is 0.0435. The minimum atomic E-state index is -2.75. The third-order valence-corrected chi connectivity index (χ3v) is 8.01. The van der Waals surface area contributed by atoms with Gasteiger partial charge in [-0.25, -0.2) is 4.39 Å². The zero-order valence-electron chi connectivity index (χ0n) is 23.1. The number of allylic oxidation sites excluding steroid dienone is 1. The monoisotopic (exact) mass is 575 g/mol. The summed E-state index contributed by atoms with van der Waals surface area (Å²) in [6, 6.07) is 0.397. The molecule has 13 nitrogen and oxygen atoms in total. The molecule has 1 aromatic carbocycles. The van der Waals surface area contributed by atoms with Crippen LogP contribution >= 0.6 is 0 Å². The number of nitrogens with zero attached hydrogens (tertiary/aromatic N) is 2. The lowest BCUT2D eigenvalue weighted by Crippen LogP contribution is -2.63. The van der Waals surface area contributed by atoms with Gasteiger partial charge in [-0.2, -0.15) is 0 Å². The summed E-state index contributed by atoms with van der Waals surface area (Å²) in [4.78, 5) is 55.1. The van der Waals surface area contributed by atoms with E-state index in [2.05, 4.69) is 10.6 Å². The van der Waals surface area contributed by atoms with E-state index >= 15 is 0 Å². The van der Waals surface area contributed by atoms with Gasteiger partial charge in [0, 0.05) is 37.8 Å². The number of fused-ring (bicyclic) bond motifs is 3. The van der Waals surface area contributed by atoms with E-state index in [9.17, 15) is 44.0 Å². The van der Waals surface area contributed by atoms with E-state index in [1.54, 1.807) is 33.1 Å². The van der Waals surface area contributed by atoms with Crippen molar-refractivity contribution in [2.45, 2.75) is 24.5 Å². The summed E-state index contributed by atoms with van der Waals surface area (Å²) < 4.78 is 12.4. The number of Topliss-reactive ketones (excluding diaryl/α,β-unsaturated/α-hetero) is 2. The van der Waals surface area contributed by atoms with Crippen LogP contribution in [0.5, 0.6) is 5.75 Å². The van der Waals surface area contributed by atoms with Crippen molar-refractivity contribution >= 4 is 34.8 Å². The van der Waals surface area contributed by atoms with Gasteiger partial charge in [0.25, 0.3) is 5.91 Å². The van der Waals surface area contributed by atoms with Crippen LogP contribution < -0.4 is 21.3 Å². The number of ketones is 2. The fourth-order valence-electron chi connectivity index (χ4n) is 6.26. The molecule has 8 N–H and O–H groups in total. The molecule has 4 rings (SSSR count). The highest BCUT2D eigenvalue weighted by Gasteiger charge is 2.63. The molecule has 0 heterocycles. The Hall–Kier alpha value is -4.01. The van der Waals surface area contributed by atoms with Crippen molar-refractivity contribution in [1.29, 1.82) is 0 Å². The Bertz CT molecular complexity index is 1400. The van der Waals surface area contributed by atoms with Crippen LogP contribution in [0.2, 0.25) is 0 Å². The van der Waals surface area contributed by atoms with Gasteiger partial charge in [-0.05, 0) is 44.5 Å². The number of hydrogen-bond donors (Lipinski definition) is 7. The number of phenolic OH excluding ortho intramolecular Hbond substituents is 1. The number of nitrogens with two attached hydrogens (primary N) is 1. The number of carbonyl (C=O) groups is 4. The molecule has 0 aromatic heterocycles. The SMILES string of the molecule is CN(C)c1cc(NC(=O)CNCCF)c(O)c2c1CC1CC3[C@H](N(C)C)C(O)=C(C(N)=O)C(=O)[C@@]3(O)C(O)=C1C2=O. The number of aliphatic hydroxyl groups excluding tert-OH is 2. The van der Waals surface area contributed by atoms with Crippen molar-refractivity contribution in [2.24, 2.45) is 17.6 Å². The number of aromatic hydroxyl groups is 1. The third-order valence-electron chi connectivity index (χ3n) is 8.01. The summed E-state index contributed by atoms with van der Waals surface area (Å²) in [6.07, 6.45) is 0.0556. The van der Waals surface area contributed by atoms with Crippen LogP contribution in [-0.4, -0.2) is 108 Å². The Morgan fingerprint density at radius 1 is 1.17 bits per heavy atom. The number of primary amides is 1. The molecular weight excluding hydrogens is 541 g/mol. The molecule has 0 fully saturated rings. The fourth-order valence-corrected chi connectivity index (χ4v) is 6.26. The first kappa shape index (κ1) is 30.0. The summed E-state index contributed by atoms with van der Waals surface area (Å²) in [6.45, 7) is -0.995. The van der Waals surface area contributed by atoms with E-state index in [-0.39, 0.29) is 42.8 Å². The van der Waals surface area contributed by atoms with Crippen molar-refractivity contribution in [3.63, 3.8) is 0 Å². The van der Waals surface area contributed by atoms with Crippen LogP contribution in [0.15, 0.2) is 28.7 Å². The van der Waals surface area contributed by atoms with Crippen LogP contribution in [0.25, 0.3) is 0 Å². The molecule has 2 unspecified atom stereocenters. The van der Waals surface area contributed by atoms with Crippen LogP contribution in [0, 0.1) is 11.8 Å². The highest BCUT2D eigenvalue weighted by atomic mass is 19.1.